The number of carbonyl (C=O) groups excluding carboxylic acids is 1. The van der Waals surface area contributed by atoms with Gasteiger partial charge in [0.25, 0.3) is 0 Å². The quantitative estimate of drug-likeness (QED) is 0.782. The average Bonchev–Trinajstić information content (AvgIpc) is 2.50. The maximum atomic E-state index is 14.4. The third-order valence-electron chi connectivity index (χ3n) is 3.78. The first kappa shape index (κ1) is 18.5. The third kappa shape index (κ3) is 5.35. The summed E-state index contributed by atoms with van der Waals surface area (Å²) in [6, 6.07) is 4.39. The van der Waals surface area contributed by atoms with Crippen molar-refractivity contribution in [1.29, 1.82) is 0 Å². The summed E-state index contributed by atoms with van der Waals surface area (Å²) in [6.07, 6.45) is 0.845. The van der Waals surface area contributed by atoms with Crippen molar-refractivity contribution in [2.75, 3.05) is 43.6 Å². The molecule has 1 aliphatic heterocycles. The zero-order chi connectivity index (χ0) is 17.5. The number of anilines is 2. The molecule has 134 valence electrons. The Hall–Kier alpha value is -1.86. The summed E-state index contributed by atoms with van der Waals surface area (Å²) in [5.74, 6) is -0.353. The minimum Gasteiger partial charge on any atom is -0.385 e. The van der Waals surface area contributed by atoms with Gasteiger partial charge >= 0.3 is 6.03 Å². The molecule has 0 unspecified atom stereocenters. The molecule has 1 saturated heterocycles. The molecule has 0 radical (unpaired) electrons. The summed E-state index contributed by atoms with van der Waals surface area (Å²) >= 11 is 0. The summed E-state index contributed by atoms with van der Waals surface area (Å²) in [7, 11) is 1.61. The molecule has 0 bridgehead atoms. The molecule has 2 atom stereocenters. The van der Waals surface area contributed by atoms with Gasteiger partial charge in [-0.25, -0.2) is 9.18 Å². The van der Waals surface area contributed by atoms with Gasteiger partial charge in [-0.15, -0.1) is 0 Å². The van der Waals surface area contributed by atoms with Crippen LogP contribution in [0.4, 0.5) is 20.6 Å². The number of nitrogens with one attached hydrogen (secondary N) is 2. The molecule has 1 aromatic rings. The van der Waals surface area contributed by atoms with Crippen molar-refractivity contribution >= 4 is 17.4 Å². The molecule has 1 aromatic carbocycles. The Morgan fingerprint density at radius 2 is 2.08 bits per heavy atom. The Bertz CT molecular complexity index is 546. The first-order valence-electron chi connectivity index (χ1n) is 8.23. The first-order valence-corrected chi connectivity index (χ1v) is 8.23. The Balaban J connectivity index is 1.93. The van der Waals surface area contributed by atoms with Gasteiger partial charge in [0.05, 0.1) is 17.9 Å². The average molecular weight is 339 g/mol. The molecule has 2 N–H and O–H groups in total. The molecule has 1 heterocycles. The second-order valence-electron chi connectivity index (χ2n) is 6.06. The van der Waals surface area contributed by atoms with Gasteiger partial charge in [0.15, 0.2) is 0 Å². The number of halogens is 1. The van der Waals surface area contributed by atoms with Crippen molar-refractivity contribution in [3.63, 3.8) is 0 Å². The predicted molar refractivity (Wildman–Crippen MR) is 92.1 cm³/mol. The standard InChI is InChI=1S/C17H26FN3O3/c1-12-10-21(11-13(2)24-12)16-6-5-14(9-15(16)18)20-17(22)19-7-4-8-23-3/h5-6,9,12-13H,4,7-8,10-11H2,1-3H3,(H2,19,20,22)/t12-,13-/m1/s1. The summed E-state index contributed by atoms with van der Waals surface area (Å²) in [6.45, 7) is 6.33. The Labute approximate surface area is 142 Å². The van der Waals surface area contributed by atoms with E-state index in [4.69, 9.17) is 9.47 Å². The smallest absolute Gasteiger partial charge is 0.319 e. The van der Waals surface area contributed by atoms with Gasteiger partial charge in [-0.2, -0.15) is 0 Å². The van der Waals surface area contributed by atoms with Crippen molar-refractivity contribution in [1.82, 2.24) is 5.32 Å². The Morgan fingerprint density at radius 1 is 1.38 bits per heavy atom. The van der Waals surface area contributed by atoms with Gasteiger partial charge in [0.2, 0.25) is 0 Å². The number of rotatable bonds is 6. The van der Waals surface area contributed by atoms with Crippen LogP contribution in [-0.4, -0.2) is 51.6 Å². The minimum atomic E-state index is -0.355. The van der Waals surface area contributed by atoms with Crippen LogP contribution in [0.1, 0.15) is 20.3 Å². The lowest BCUT2D eigenvalue weighted by Gasteiger charge is -2.37. The highest BCUT2D eigenvalue weighted by molar-refractivity contribution is 5.89. The van der Waals surface area contributed by atoms with E-state index in [-0.39, 0.29) is 24.1 Å². The fourth-order valence-electron chi connectivity index (χ4n) is 2.81. The van der Waals surface area contributed by atoms with E-state index in [9.17, 15) is 9.18 Å². The highest BCUT2D eigenvalue weighted by Crippen LogP contribution is 2.26. The molecule has 24 heavy (non-hydrogen) atoms. The Kier molecular flexibility index (Phi) is 6.81. The molecule has 2 rings (SSSR count). The maximum Gasteiger partial charge on any atom is 0.319 e. The van der Waals surface area contributed by atoms with Gasteiger partial charge in [-0.1, -0.05) is 0 Å². The second-order valence-corrected chi connectivity index (χ2v) is 6.06. The lowest BCUT2D eigenvalue weighted by atomic mass is 10.2. The molecule has 0 aliphatic carbocycles. The molecule has 1 fully saturated rings. The maximum absolute atomic E-state index is 14.4. The molecule has 0 spiro atoms. The van der Waals surface area contributed by atoms with E-state index in [2.05, 4.69) is 10.6 Å². The van der Waals surface area contributed by atoms with E-state index >= 15 is 0 Å². The van der Waals surface area contributed by atoms with Gasteiger partial charge in [-0.05, 0) is 38.5 Å². The number of amides is 2. The van der Waals surface area contributed by atoms with Crippen LogP contribution in [0, 0.1) is 5.82 Å². The van der Waals surface area contributed by atoms with E-state index in [1.807, 2.05) is 18.7 Å². The fourth-order valence-corrected chi connectivity index (χ4v) is 2.81. The second kappa shape index (κ2) is 8.84. The van der Waals surface area contributed by atoms with Crippen LogP contribution in [0.3, 0.4) is 0 Å². The lowest BCUT2D eigenvalue weighted by Crippen LogP contribution is -2.45. The Morgan fingerprint density at radius 3 is 2.71 bits per heavy atom. The van der Waals surface area contributed by atoms with E-state index in [1.54, 1.807) is 19.2 Å². The number of hydrogen-bond donors (Lipinski definition) is 2. The summed E-state index contributed by atoms with van der Waals surface area (Å²) in [4.78, 5) is 13.7. The third-order valence-corrected chi connectivity index (χ3v) is 3.78. The molecule has 0 saturated carbocycles. The van der Waals surface area contributed by atoms with Crippen LogP contribution in [0.25, 0.3) is 0 Å². The monoisotopic (exact) mass is 339 g/mol. The molecular formula is C17H26FN3O3. The zero-order valence-electron chi connectivity index (χ0n) is 14.5. The summed E-state index contributed by atoms with van der Waals surface area (Å²) < 4.78 is 25.0. The molecule has 6 nitrogen and oxygen atoms in total. The predicted octanol–water partition coefficient (Wildman–Crippen LogP) is 2.60. The van der Waals surface area contributed by atoms with Gasteiger partial charge in [-0.3, -0.25) is 0 Å². The molecule has 1 aliphatic rings. The lowest BCUT2D eigenvalue weighted by molar-refractivity contribution is -0.00539. The van der Waals surface area contributed by atoms with Crippen LogP contribution in [0.15, 0.2) is 18.2 Å². The van der Waals surface area contributed by atoms with E-state index < -0.39 is 0 Å². The van der Waals surface area contributed by atoms with E-state index in [0.717, 1.165) is 6.42 Å². The zero-order valence-corrected chi connectivity index (χ0v) is 14.5. The van der Waals surface area contributed by atoms with Crippen LogP contribution in [0.2, 0.25) is 0 Å². The van der Waals surface area contributed by atoms with E-state index in [0.29, 0.717) is 37.6 Å². The van der Waals surface area contributed by atoms with Crippen LogP contribution in [0.5, 0.6) is 0 Å². The number of hydrogen-bond acceptors (Lipinski definition) is 4. The normalized spacial score (nSPS) is 20.8. The highest BCUT2D eigenvalue weighted by Gasteiger charge is 2.24. The summed E-state index contributed by atoms with van der Waals surface area (Å²) in [5.41, 5.74) is 0.956. The van der Waals surface area contributed by atoms with Crippen molar-refractivity contribution < 1.29 is 18.7 Å². The van der Waals surface area contributed by atoms with Crippen LogP contribution < -0.4 is 15.5 Å². The molecular weight excluding hydrogens is 313 g/mol. The van der Waals surface area contributed by atoms with E-state index in [1.165, 1.54) is 6.07 Å². The molecule has 0 aromatic heterocycles. The van der Waals surface area contributed by atoms with Gasteiger partial charge < -0.3 is 25.0 Å². The first-order chi connectivity index (χ1) is 11.5. The number of nitrogens with zero attached hydrogens (tertiary/aromatic N) is 1. The van der Waals surface area contributed by atoms with Crippen LogP contribution in [-0.2, 0) is 9.47 Å². The number of methoxy groups -OCH3 is 1. The SMILES string of the molecule is COCCCNC(=O)Nc1ccc(N2C[C@@H](C)O[C@H](C)C2)c(F)c1. The summed E-state index contributed by atoms with van der Waals surface area (Å²) in [5, 5.41) is 5.33. The minimum absolute atomic E-state index is 0.0591. The van der Waals surface area contributed by atoms with Crippen LogP contribution >= 0.6 is 0 Å². The topological polar surface area (TPSA) is 62.8 Å². The van der Waals surface area contributed by atoms with Crippen molar-refractivity contribution in [3.05, 3.63) is 24.0 Å². The number of ether oxygens (including phenoxy) is 2. The number of morpholine rings is 1. The number of benzene rings is 1. The molecule has 7 heteroatoms. The fraction of sp³-hybridized carbons (Fsp3) is 0.588. The van der Waals surface area contributed by atoms with Gasteiger partial charge in [0, 0.05) is 39.0 Å². The van der Waals surface area contributed by atoms with Crippen molar-refractivity contribution in [2.45, 2.75) is 32.5 Å². The highest BCUT2D eigenvalue weighted by atomic mass is 19.1. The molecule has 2 amide bonds. The number of carbonyl (C=O) groups is 1. The largest absolute Gasteiger partial charge is 0.385 e. The number of urea groups is 1. The van der Waals surface area contributed by atoms with Crippen molar-refractivity contribution in [3.8, 4) is 0 Å². The van der Waals surface area contributed by atoms with Crippen molar-refractivity contribution in [2.24, 2.45) is 0 Å². The van der Waals surface area contributed by atoms with Gasteiger partial charge in [0.1, 0.15) is 5.82 Å².